The van der Waals surface area contributed by atoms with Crippen LogP contribution in [-0.2, 0) is 0 Å². The maximum Gasteiger partial charge on any atom is 0.132 e. The van der Waals surface area contributed by atoms with Crippen LogP contribution in [0.15, 0.2) is 24.5 Å². The van der Waals surface area contributed by atoms with Crippen molar-refractivity contribution in [2.24, 2.45) is 0 Å². The third kappa shape index (κ3) is 2.86. The molecule has 0 radical (unpaired) electrons. The molecule has 5 heteroatoms. The summed E-state index contributed by atoms with van der Waals surface area (Å²) in [5.41, 5.74) is 1.27. The number of nitrogens with one attached hydrogen (secondary N) is 1. The number of benzene rings is 1. The third-order valence-corrected chi connectivity index (χ3v) is 2.81. The second kappa shape index (κ2) is 5.73. The van der Waals surface area contributed by atoms with E-state index < -0.39 is 11.6 Å². The molecule has 0 saturated carbocycles. The summed E-state index contributed by atoms with van der Waals surface area (Å²) in [6, 6.07) is 3.34. The van der Waals surface area contributed by atoms with Crippen LogP contribution in [0.3, 0.4) is 0 Å². The smallest absolute Gasteiger partial charge is 0.132 e. The summed E-state index contributed by atoms with van der Waals surface area (Å²) in [4.78, 5) is 8.18. The van der Waals surface area contributed by atoms with Gasteiger partial charge in [0.05, 0.1) is 5.69 Å². The van der Waals surface area contributed by atoms with E-state index in [9.17, 15) is 8.78 Å². The normalized spacial score (nSPS) is 10.5. The molecule has 1 aromatic carbocycles. The molecular formula is C14H15F2N3. The molecule has 2 rings (SSSR count). The number of rotatable bonds is 4. The minimum Gasteiger partial charge on any atom is -0.370 e. The van der Waals surface area contributed by atoms with Crippen LogP contribution >= 0.6 is 0 Å². The van der Waals surface area contributed by atoms with Crippen LogP contribution in [0.4, 0.5) is 14.6 Å². The Bertz CT molecular complexity index is 585. The summed E-state index contributed by atoms with van der Waals surface area (Å²) in [5.74, 6) is -0.336. The van der Waals surface area contributed by atoms with Crippen molar-refractivity contribution in [3.05, 3.63) is 41.7 Å². The van der Waals surface area contributed by atoms with Gasteiger partial charge in [-0.3, -0.25) is 0 Å². The molecule has 100 valence electrons. The molecule has 0 saturated heterocycles. The van der Waals surface area contributed by atoms with Crippen molar-refractivity contribution < 1.29 is 8.78 Å². The second-order valence-corrected chi connectivity index (χ2v) is 4.25. The average molecular weight is 263 g/mol. The van der Waals surface area contributed by atoms with Crippen LogP contribution in [0.1, 0.15) is 18.9 Å². The second-order valence-electron chi connectivity index (χ2n) is 4.25. The van der Waals surface area contributed by atoms with Gasteiger partial charge >= 0.3 is 0 Å². The minimum atomic E-state index is -0.496. The summed E-state index contributed by atoms with van der Waals surface area (Å²) < 4.78 is 27.0. The maximum absolute atomic E-state index is 13.8. The van der Waals surface area contributed by atoms with Crippen LogP contribution in [0.25, 0.3) is 11.3 Å². The van der Waals surface area contributed by atoms with Crippen molar-refractivity contribution in [3.8, 4) is 11.3 Å². The number of aromatic nitrogens is 2. The third-order valence-electron chi connectivity index (χ3n) is 2.81. The van der Waals surface area contributed by atoms with E-state index in [0.717, 1.165) is 31.2 Å². The largest absolute Gasteiger partial charge is 0.370 e. The van der Waals surface area contributed by atoms with Gasteiger partial charge in [-0.05, 0) is 31.5 Å². The average Bonchev–Trinajstić information content (AvgIpc) is 2.41. The van der Waals surface area contributed by atoms with Gasteiger partial charge in [0.1, 0.15) is 23.8 Å². The molecule has 0 amide bonds. The summed E-state index contributed by atoms with van der Waals surface area (Å²) in [7, 11) is 0. The predicted octanol–water partition coefficient (Wildman–Crippen LogP) is 3.55. The zero-order valence-electron chi connectivity index (χ0n) is 10.9. The molecule has 3 nitrogen and oxygen atoms in total. The molecule has 19 heavy (non-hydrogen) atoms. The van der Waals surface area contributed by atoms with Crippen LogP contribution < -0.4 is 5.32 Å². The first kappa shape index (κ1) is 13.4. The van der Waals surface area contributed by atoms with Gasteiger partial charge < -0.3 is 5.32 Å². The highest BCUT2D eigenvalue weighted by atomic mass is 19.1. The lowest BCUT2D eigenvalue weighted by molar-refractivity contribution is 0.602. The molecule has 2 aromatic rings. The van der Waals surface area contributed by atoms with E-state index in [1.807, 2.05) is 6.92 Å². The zero-order chi connectivity index (χ0) is 13.8. The molecule has 0 aliphatic heterocycles. The monoisotopic (exact) mass is 263 g/mol. The van der Waals surface area contributed by atoms with Crippen molar-refractivity contribution in [2.45, 2.75) is 20.3 Å². The Labute approximate surface area is 110 Å². The molecule has 0 aliphatic carbocycles. The summed E-state index contributed by atoms with van der Waals surface area (Å²) in [6.45, 7) is 4.59. The van der Waals surface area contributed by atoms with Gasteiger partial charge in [0.15, 0.2) is 0 Å². The Morgan fingerprint density at radius 3 is 2.74 bits per heavy atom. The fourth-order valence-corrected chi connectivity index (χ4v) is 1.82. The number of halogens is 2. The standard InChI is InChI=1S/C14H15F2N3/c1-3-6-17-14-9(2)13(18-8-19-14)11-7-10(15)4-5-12(11)16/h4-5,7-8H,3,6H2,1-2H3,(H,17,18,19). The van der Waals surface area contributed by atoms with Gasteiger partial charge in [-0.15, -0.1) is 0 Å². The van der Waals surface area contributed by atoms with E-state index in [1.165, 1.54) is 6.33 Å². The topological polar surface area (TPSA) is 37.8 Å². The van der Waals surface area contributed by atoms with Crippen molar-refractivity contribution in [1.82, 2.24) is 9.97 Å². The fraction of sp³-hybridized carbons (Fsp3) is 0.286. The van der Waals surface area contributed by atoms with Gasteiger partial charge in [-0.1, -0.05) is 6.92 Å². The van der Waals surface area contributed by atoms with Gasteiger partial charge in [0, 0.05) is 17.7 Å². The molecule has 1 N–H and O–H groups in total. The van der Waals surface area contributed by atoms with Gasteiger partial charge in [-0.2, -0.15) is 0 Å². The van der Waals surface area contributed by atoms with Crippen LogP contribution in [0.5, 0.6) is 0 Å². The van der Waals surface area contributed by atoms with E-state index >= 15 is 0 Å². The van der Waals surface area contributed by atoms with Crippen molar-refractivity contribution in [2.75, 3.05) is 11.9 Å². The van der Waals surface area contributed by atoms with Crippen molar-refractivity contribution in [3.63, 3.8) is 0 Å². The van der Waals surface area contributed by atoms with Crippen molar-refractivity contribution >= 4 is 5.82 Å². The lowest BCUT2D eigenvalue weighted by Gasteiger charge is -2.11. The Morgan fingerprint density at radius 2 is 2.00 bits per heavy atom. The van der Waals surface area contributed by atoms with E-state index in [0.29, 0.717) is 17.1 Å². The minimum absolute atomic E-state index is 0.152. The Morgan fingerprint density at radius 1 is 1.21 bits per heavy atom. The molecule has 0 aliphatic rings. The summed E-state index contributed by atoms with van der Waals surface area (Å²) in [5, 5.41) is 3.14. The molecule has 0 unspecified atom stereocenters. The maximum atomic E-state index is 13.8. The van der Waals surface area contributed by atoms with Gasteiger partial charge in [-0.25, -0.2) is 18.7 Å². The van der Waals surface area contributed by atoms with E-state index in [2.05, 4.69) is 15.3 Å². The lowest BCUT2D eigenvalue weighted by Crippen LogP contribution is -2.06. The van der Waals surface area contributed by atoms with Crippen molar-refractivity contribution in [1.29, 1.82) is 0 Å². The lowest BCUT2D eigenvalue weighted by atomic mass is 10.1. The highest BCUT2D eigenvalue weighted by Gasteiger charge is 2.13. The molecule has 1 aromatic heterocycles. The Kier molecular flexibility index (Phi) is 4.04. The van der Waals surface area contributed by atoms with Crippen LogP contribution in [-0.4, -0.2) is 16.5 Å². The number of hydrogen-bond donors (Lipinski definition) is 1. The molecule has 0 bridgehead atoms. The quantitative estimate of drug-likeness (QED) is 0.916. The van der Waals surface area contributed by atoms with E-state index in [1.54, 1.807) is 6.92 Å². The molecule has 1 heterocycles. The highest BCUT2D eigenvalue weighted by molar-refractivity contribution is 5.68. The van der Waals surface area contributed by atoms with Gasteiger partial charge in [0.25, 0.3) is 0 Å². The number of anilines is 1. The molecular weight excluding hydrogens is 248 g/mol. The zero-order valence-corrected chi connectivity index (χ0v) is 10.9. The first-order chi connectivity index (χ1) is 9.13. The molecule has 0 spiro atoms. The SMILES string of the molecule is CCCNc1ncnc(-c2cc(F)ccc2F)c1C. The van der Waals surface area contributed by atoms with Gasteiger partial charge in [0.2, 0.25) is 0 Å². The summed E-state index contributed by atoms with van der Waals surface area (Å²) >= 11 is 0. The highest BCUT2D eigenvalue weighted by Crippen LogP contribution is 2.27. The van der Waals surface area contributed by atoms with Crippen LogP contribution in [0.2, 0.25) is 0 Å². The number of nitrogens with zero attached hydrogens (tertiary/aromatic N) is 2. The number of hydrogen-bond acceptors (Lipinski definition) is 3. The molecule has 0 atom stereocenters. The first-order valence-electron chi connectivity index (χ1n) is 6.14. The Balaban J connectivity index is 2.47. The molecule has 0 fully saturated rings. The Hall–Kier alpha value is -2.04. The fourth-order valence-electron chi connectivity index (χ4n) is 1.82. The summed E-state index contributed by atoms with van der Waals surface area (Å²) in [6.07, 6.45) is 2.30. The first-order valence-corrected chi connectivity index (χ1v) is 6.14. The van der Waals surface area contributed by atoms with E-state index in [4.69, 9.17) is 0 Å². The van der Waals surface area contributed by atoms with E-state index in [-0.39, 0.29) is 5.56 Å². The van der Waals surface area contributed by atoms with Crippen LogP contribution in [0, 0.1) is 18.6 Å². The predicted molar refractivity (Wildman–Crippen MR) is 70.9 cm³/mol.